The quantitative estimate of drug-likeness (QED) is 0.911. The number of likely N-dealkylation sites (tertiary alicyclic amines) is 1. The van der Waals surface area contributed by atoms with Crippen molar-refractivity contribution < 1.29 is 9.90 Å². The Labute approximate surface area is 117 Å². The number of carbonyl (C=O) groups is 1. The molecule has 0 unspecified atom stereocenters. The number of rotatable bonds is 2. The Morgan fingerprint density at radius 1 is 1.10 bits per heavy atom. The lowest BCUT2D eigenvalue weighted by atomic mass is 10.0. The van der Waals surface area contributed by atoms with Gasteiger partial charge in [-0.25, -0.2) is 0 Å². The molecule has 102 valence electrons. The first-order valence-electron chi connectivity index (χ1n) is 6.78. The van der Waals surface area contributed by atoms with Crippen LogP contribution in [0.25, 0.3) is 11.1 Å². The zero-order chi connectivity index (χ0) is 13.9. The summed E-state index contributed by atoms with van der Waals surface area (Å²) >= 11 is 0. The number of amides is 1. The van der Waals surface area contributed by atoms with Crippen molar-refractivity contribution in [2.45, 2.75) is 12.8 Å². The topological polar surface area (TPSA) is 53.4 Å². The molecule has 3 rings (SSSR count). The van der Waals surface area contributed by atoms with E-state index >= 15 is 0 Å². The minimum Gasteiger partial charge on any atom is -0.506 e. The van der Waals surface area contributed by atoms with Gasteiger partial charge >= 0.3 is 0 Å². The third-order valence-electron chi connectivity index (χ3n) is 3.56. The molecule has 4 heteroatoms. The van der Waals surface area contributed by atoms with Crippen molar-refractivity contribution in [1.82, 2.24) is 9.88 Å². The fourth-order valence-corrected chi connectivity index (χ4v) is 2.52. The van der Waals surface area contributed by atoms with Crippen LogP contribution >= 0.6 is 0 Å². The summed E-state index contributed by atoms with van der Waals surface area (Å²) in [6, 6.07) is 9.11. The van der Waals surface area contributed by atoms with Crippen molar-refractivity contribution in [3.8, 4) is 16.9 Å². The fraction of sp³-hybridized carbons (Fsp3) is 0.250. The molecule has 1 aliphatic heterocycles. The Hall–Kier alpha value is -2.36. The van der Waals surface area contributed by atoms with E-state index in [1.165, 1.54) is 6.20 Å². The number of benzene rings is 1. The molecule has 1 aliphatic rings. The van der Waals surface area contributed by atoms with Crippen LogP contribution in [-0.4, -0.2) is 34.0 Å². The Morgan fingerprint density at radius 2 is 1.90 bits per heavy atom. The third-order valence-corrected chi connectivity index (χ3v) is 3.56. The van der Waals surface area contributed by atoms with E-state index in [1.807, 2.05) is 29.2 Å². The lowest BCUT2D eigenvalue weighted by Gasteiger charge is -2.15. The SMILES string of the molecule is O=C(c1cccc(-c2cncc(O)c2)c1)N1CCCC1. The van der Waals surface area contributed by atoms with E-state index in [4.69, 9.17) is 0 Å². The number of aromatic hydroxyl groups is 1. The molecule has 20 heavy (non-hydrogen) atoms. The largest absolute Gasteiger partial charge is 0.506 e. The predicted molar refractivity (Wildman–Crippen MR) is 76.5 cm³/mol. The summed E-state index contributed by atoms with van der Waals surface area (Å²) in [7, 11) is 0. The molecule has 0 radical (unpaired) electrons. The Bertz CT molecular complexity index is 634. The van der Waals surface area contributed by atoms with E-state index in [-0.39, 0.29) is 11.7 Å². The molecule has 2 aromatic rings. The molecule has 1 saturated heterocycles. The number of nitrogens with zero attached hydrogens (tertiary/aromatic N) is 2. The lowest BCUT2D eigenvalue weighted by Crippen LogP contribution is -2.27. The molecule has 0 spiro atoms. The predicted octanol–water partition coefficient (Wildman–Crippen LogP) is 2.69. The number of hydrogen-bond acceptors (Lipinski definition) is 3. The summed E-state index contributed by atoms with van der Waals surface area (Å²) in [6.07, 6.45) is 5.24. The van der Waals surface area contributed by atoms with E-state index in [2.05, 4.69) is 4.98 Å². The standard InChI is InChI=1S/C16H16N2O2/c19-15-9-14(10-17-11-15)12-4-3-5-13(8-12)16(20)18-6-1-2-7-18/h3-5,8-11,19H,1-2,6-7H2. The van der Waals surface area contributed by atoms with Gasteiger partial charge in [-0.1, -0.05) is 12.1 Å². The van der Waals surface area contributed by atoms with Crippen molar-refractivity contribution in [3.05, 3.63) is 48.3 Å². The van der Waals surface area contributed by atoms with E-state index < -0.39 is 0 Å². The second kappa shape index (κ2) is 5.33. The summed E-state index contributed by atoms with van der Waals surface area (Å²) < 4.78 is 0. The minimum absolute atomic E-state index is 0.0810. The van der Waals surface area contributed by atoms with Gasteiger partial charge in [0.1, 0.15) is 5.75 Å². The lowest BCUT2D eigenvalue weighted by molar-refractivity contribution is 0.0793. The maximum absolute atomic E-state index is 12.4. The van der Waals surface area contributed by atoms with Gasteiger partial charge in [0.05, 0.1) is 6.20 Å². The normalized spacial score (nSPS) is 14.5. The van der Waals surface area contributed by atoms with Crippen molar-refractivity contribution in [2.75, 3.05) is 13.1 Å². The fourth-order valence-electron chi connectivity index (χ4n) is 2.52. The zero-order valence-corrected chi connectivity index (χ0v) is 11.1. The molecule has 1 amide bonds. The Kier molecular flexibility index (Phi) is 3.37. The van der Waals surface area contributed by atoms with Crippen LogP contribution < -0.4 is 0 Å². The van der Waals surface area contributed by atoms with Crippen LogP contribution in [0.3, 0.4) is 0 Å². The van der Waals surface area contributed by atoms with Crippen LogP contribution in [0.5, 0.6) is 5.75 Å². The monoisotopic (exact) mass is 268 g/mol. The van der Waals surface area contributed by atoms with Crippen molar-refractivity contribution in [3.63, 3.8) is 0 Å². The van der Waals surface area contributed by atoms with E-state index in [0.717, 1.165) is 37.1 Å². The van der Waals surface area contributed by atoms with Gasteiger partial charge in [-0.3, -0.25) is 9.78 Å². The van der Waals surface area contributed by atoms with Crippen LogP contribution in [0, 0.1) is 0 Å². The smallest absolute Gasteiger partial charge is 0.253 e. The molecule has 1 N–H and O–H groups in total. The van der Waals surface area contributed by atoms with Gasteiger partial charge < -0.3 is 10.0 Å². The molecular formula is C16H16N2O2. The highest BCUT2D eigenvalue weighted by Crippen LogP contribution is 2.23. The third kappa shape index (κ3) is 2.50. The van der Waals surface area contributed by atoms with E-state index in [0.29, 0.717) is 5.56 Å². The molecule has 0 aliphatic carbocycles. The molecular weight excluding hydrogens is 252 g/mol. The molecule has 0 bridgehead atoms. The van der Waals surface area contributed by atoms with Crippen LogP contribution in [0.15, 0.2) is 42.7 Å². The van der Waals surface area contributed by atoms with Crippen LogP contribution in [0.1, 0.15) is 23.2 Å². The highest BCUT2D eigenvalue weighted by Gasteiger charge is 2.19. The number of carbonyl (C=O) groups excluding carboxylic acids is 1. The van der Waals surface area contributed by atoms with Crippen LogP contribution in [0.4, 0.5) is 0 Å². The first-order valence-corrected chi connectivity index (χ1v) is 6.78. The summed E-state index contributed by atoms with van der Waals surface area (Å²) in [5, 5.41) is 9.49. The number of pyridine rings is 1. The van der Waals surface area contributed by atoms with Crippen molar-refractivity contribution in [2.24, 2.45) is 0 Å². The summed E-state index contributed by atoms with van der Waals surface area (Å²) in [5.74, 6) is 0.205. The van der Waals surface area contributed by atoms with Gasteiger partial charge in [0, 0.05) is 30.4 Å². The number of aromatic nitrogens is 1. The van der Waals surface area contributed by atoms with Gasteiger partial charge in [-0.05, 0) is 36.6 Å². The molecule has 0 atom stereocenters. The Morgan fingerprint density at radius 3 is 2.65 bits per heavy atom. The second-order valence-corrected chi connectivity index (χ2v) is 5.01. The molecule has 0 saturated carbocycles. The minimum atomic E-state index is 0.0810. The number of hydrogen-bond donors (Lipinski definition) is 1. The van der Waals surface area contributed by atoms with Gasteiger partial charge in [-0.15, -0.1) is 0 Å². The average Bonchev–Trinajstić information content (AvgIpc) is 3.01. The maximum Gasteiger partial charge on any atom is 0.253 e. The second-order valence-electron chi connectivity index (χ2n) is 5.01. The molecule has 1 fully saturated rings. The van der Waals surface area contributed by atoms with E-state index in [1.54, 1.807) is 12.3 Å². The summed E-state index contributed by atoms with van der Waals surface area (Å²) in [5.41, 5.74) is 2.38. The van der Waals surface area contributed by atoms with Crippen molar-refractivity contribution >= 4 is 5.91 Å². The molecule has 1 aromatic carbocycles. The van der Waals surface area contributed by atoms with Gasteiger partial charge in [0.15, 0.2) is 0 Å². The molecule has 2 heterocycles. The van der Waals surface area contributed by atoms with Crippen LogP contribution in [0.2, 0.25) is 0 Å². The molecule has 4 nitrogen and oxygen atoms in total. The summed E-state index contributed by atoms with van der Waals surface area (Å²) in [6.45, 7) is 1.69. The van der Waals surface area contributed by atoms with Gasteiger partial charge in [-0.2, -0.15) is 0 Å². The first-order chi connectivity index (χ1) is 9.74. The average molecular weight is 268 g/mol. The van der Waals surface area contributed by atoms with E-state index in [9.17, 15) is 9.90 Å². The highest BCUT2D eigenvalue weighted by molar-refractivity contribution is 5.95. The van der Waals surface area contributed by atoms with Gasteiger partial charge in [0.25, 0.3) is 5.91 Å². The summed E-state index contributed by atoms with van der Waals surface area (Å²) in [4.78, 5) is 18.2. The van der Waals surface area contributed by atoms with Gasteiger partial charge in [0.2, 0.25) is 0 Å². The maximum atomic E-state index is 12.4. The van der Waals surface area contributed by atoms with Crippen molar-refractivity contribution in [1.29, 1.82) is 0 Å². The van der Waals surface area contributed by atoms with Crippen LogP contribution in [-0.2, 0) is 0 Å². The highest BCUT2D eigenvalue weighted by atomic mass is 16.3. The Balaban J connectivity index is 1.91. The first kappa shape index (κ1) is 12.7. The molecule has 1 aromatic heterocycles. The zero-order valence-electron chi connectivity index (χ0n) is 11.1.